The maximum atomic E-state index is 13.8. The number of alkyl halides is 3. The van der Waals surface area contributed by atoms with Crippen LogP contribution in [-0.4, -0.2) is 56.5 Å². The van der Waals surface area contributed by atoms with Crippen molar-refractivity contribution in [3.05, 3.63) is 94.3 Å². The summed E-state index contributed by atoms with van der Waals surface area (Å²) < 4.78 is 53.9. The number of rotatable bonds is 7. The summed E-state index contributed by atoms with van der Waals surface area (Å²) in [4.78, 5) is 18.4. The normalized spacial score (nSPS) is 17.4. The molecule has 0 spiro atoms. The zero-order chi connectivity index (χ0) is 30.1. The Bertz CT molecular complexity index is 1650. The number of carboxylic acid groups (broad SMARTS) is 1. The summed E-state index contributed by atoms with van der Waals surface area (Å²) in [7, 11) is 0. The van der Waals surface area contributed by atoms with Gasteiger partial charge in [-0.2, -0.15) is 18.3 Å². The van der Waals surface area contributed by atoms with E-state index >= 15 is 0 Å². The van der Waals surface area contributed by atoms with Crippen molar-refractivity contribution in [2.75, 3.05) is 19.8 Å². The molecule has 43 heavy (non-hydrogen) atoms. The number of carbonyl (C=O) groups is 1. The largest absolute Gasteiger partial charge is 0.488 e. The summed E-state index contributed by atoms with van der Waals surface area (Å²) in [5, 5.41) is 13.0. The van der Waals surface area contributed by atoms with Gasteiger partial charge in [0.15, 0.2) is 11.5 Å². The highest BCUT2D eigenvalue weighted by Gasteiger charge is 2.41. The minimum Gasteiger partial charge on any atom is -0.488 e. The number of hydrogen-bond acceptors (Lipinski definition) is 6. The molecule has 1 saturated heterocycles. The molecule has 1 atom stereocenters. The molecule has 2 aliphatic heterocycles. The Balaban J connectivity index is 1.23. The van der Waals surface area contributed by atoms with Crippen LogP contribution >= 0.6 is 0 Å². The quantitative estimate of drug-likeness (QED) is 0.278. The van der Waals surface area contributed by atoms with Gasteiger partial charge in [-0.1, -0.05) is 35.9 Å². The summed E-state index contributed by atoms with van der Waals surface area (Å²) in [6.45, 7) is 5.77. The summed E-state index contributed by atoms with van der Waals surface area (Å²) in [6, 6.07) is 17.0. The molecular weight excluding hydrogens is 561 g/mol. The smallest absolute Gasteiger partial charge is 0.434 e. The fourth-order valence-corrected chi connectivity index (χ4v) is 5.81. The van der Waals surface area contributed by atoms with Gasteiger partial charge >= 0.3 is 12.1 Å². The van der Waals surface area contributed by atoms with Gasteiger partial charge in [-0.15, -0.1) is 0 Å². The van der Waals surface area contributed by atoms with Crippen LogP contribution in [0.2, 0.25) is 0 Å². The maximum absolute atomic E-state index is 13.8. The molecule has 2 aromatic heterocycles. The van der Waals surface area contributed by atoms with Crippen molar-refractivity contribution < 1.29 is 32.5 Å². The number of carboxylic acids is 1. The van der Waals surface area contributed by atoms with Crippen LogP contribution in [0.15, 0.2) is 60.8 Å². The number of fused-ring (bicyclic) bond motifs is 1. The van der Waals surface area contributed by atoms with Gasteiger partial charge in [0.25, 0.3) is 0 Å². The van der Waals surface area contributed by atoms with Crippen molar-refractivity contribution in [3.8, 4) is 22.8 Å². The van der Waals surface area contributed by atoms with Crippen molar-refractivity contribution in [1.29, 1.82) is 0 Å². The number of hydrogen-bond donors (Lipinski definition) is 1. The first-order valence-electron chi connectivity index (χ1n) is 14.2. The predicted octanol–water partition coefficient (Wildman–Crippen LogP) is 6.08. The first-order chi connectivity index (χ1) is 20.7. The van der Waals surface area contributed by atoms with E-state index < -0.39 is 23.4 Å². The van der Waals surface area contributed by atoms with Crippen LogP contribution in [-0.2, 0) is 30.5 Å². The number of benzene rings is 2. The summed E-state index contributed by atoms with van der Waals surface area (Å²) >= 11 is 0. The van der Waals surface area contributed by atoms with Gasteiger partial charge in [-0.3, -0.25) is 4.90 Å². The molecular formula is C32H31F3N4O4. The third-order valence-corrected chi connectivity index (χ3v) is 7.99. The van der Waals surface area contributed by atoms with Crippen LogP contribution < -0.4 is 4.74 Å². The first-order valence-corrected chi connectivity index (χ1v) is 14.2. The van der Waals surface area contributed by atoms with Crippen LogP contribution in [0.25, 0.3) is 17.1 Å². The van der Waals surface area contributed by atoms with E-state index in [-0.39, 0.29) is 5.82 Å². The standard InChI is InChI=1S/C32H31F3N4O4/c1-20-7-10-28(43-18-21-8-9-23-17-38(12-11-22(23)15-21)24-4-3-13-42-19-24)25(14-20)27-5-2-6-29(37-27)39-30(32(33,34)35)26(16-36-39)31(40)41/h2,5-10,14-16,24H,3-4,11-13,17-19H2,1H3,(H,40,41). The predicted molar refractivity (Wildman–Crippen MR) is 152 cm³/mol. The molecule has 0 amide bonds. The third-order valence-electron chi connectivity index (χ3n) is 7.99. The molecule has 224 valence electrons. The van der Waals surface area contributed by atoms with Crippen molar-refractivity contribution in [3.63, 3.8) is 0 Å². The second kappa shape index (κ2) is 11.8. The van der Waals surface area contributed by atoms with Crippen LogP contribution in [0.4, 0.5) is 13.2 Å². The molecule has 11 heteroatoms. The lowest BCUT2D eigenvalue weighted by atomic mass is 9.95. The van der Waals surface area contributed by atoms with Crippen molar-refractivity contribution in [2.24, 2.45) is 0 Å². The highest BCUT2D eigenvalue weighted by molar-refractivity contribution is 5.89. The highest BCUT2D eigenvalue weighted by Crippen LogP contribution is 2.35. The van der Waals surface area contributed by atoms with Gasteiger partial charge in [0.1, 0.15) is 17.9 Å². The van der Waals surface area contributed by atoms with E-state index in [9.17, 15) is 23.1 Å². The number of nitrogens with zero attached hydrogens (tertiary/aromatic N) is 4. The zero-order valence-electron chi connectivity index (χ0n) is 23.6. The molecule has 1 fully saturated rings. The molecule has 0 radical (unpaired) electrons. The van der Waals surface area contributed by atoms with Crippen LogP contribution in [0.1, 0.15) is 51.1 Å². The molecule has 0 saturated carbocycles. The fourth-order valence-electron chi connectivity index (χ4n) is 5.81. The third kappa shape index (κ3) is 6.14. The first kappa shape index (κ1) is 28.9. The summed E-state index contributed by atoms with van der Waals surface area (Å²) in [5.41, 5.74) is 3.20. The van der Waals surface area contributed by atoms with Crippen molar-refractivity contribution in [2.45, 2.75) is 51.6 Å². The average Bonchev–Trinajstić information content (AvgIpc) is 3.48. The Morgan fingerprint density at radius 1 is 1.14 bits per heavy atom. The molecule has 0 aliphatic carbocycles. The Labute approximate surface area is 246 Å². The molecule has 4 aromatic rings. The molecule has 1 N–H and O–H groups in total. The Morgan fingerprint density at radius 3 is 2.77 bits per heavy atom. The molecule has 2 aliphatic rings. The Hall–Kier alpha value is -4.22. The van der Waals surface area contributed by atoms with E-state index in [0.29, 0.717) is 40.5 Å². The van der Waals surface area contributed by atoms with E-state index in [1.807, 2.05) is 25.1 Å². The second-order valence-electron chi connectivity index (χ2n) is 11.0. The number of ether oxygens (including phenoxy) is 2. The SMILES string of the molecule is Cc1ccc(OCc2ccc3c(c2)CCN(C2CCCOC2)C3)c(-c2cccc(-n3ncc(C(=O)O)c3C(F)(F)F)n2)c1. The zero-order valence-corrected chi connectivity index (χ0v) is 23.6. The van der Waals surface area contributed by atoms with E-state index in [2.05, 4.69) is 33.2 Å². The van der Waals surface area contributed by atoms with Crippen LogP contribution in [0.3, 0.4) is 0 Å². The summed E-state index contributed by atoms with van der Waals surface area (Å²) in [5.74, 6) is -1.35. The van der Waals surface area contributed by atoms with Gasteiger partial charge in [0.05, 0.1) is 18.5 Å². The van der Waals surface area contributed by atoms with Gasteiger partial charge in [0.2, 0.25) is 0 Å². The minimum absolute atomic E-state index is 0.159. The van der Waals surface area contributed by atoms with Gasteiger partial charge < -0.3 is 14.6 Å². The summed E-state index contributed by atoms with van der Waals surface area (Å²) in [6.07, 6.45) is -1.03. The maximum Gasteiger partial charge on any atom is 0.434 e. The van der Waals surface area contributed by atoms with Gasteiger partial charge in [-0.05, 0) is 67.1 Å². The average molecular weight is 593 g/mol. The Morgan fingerprint density at radius 2 is 2.00 bits per heavy atom. The van der Waals surface area contributed by atoms with E-state index in [1.165, 1.54) is 23.6 Å². The lowest BCUT2D eigenvalue weighted by molar-refractivity contribution is -0.143. The number of aryl methyl sites for hydroxylation is 1. The number of halogens is 3. The lowest BCUT2D eigenvalue weighted by Crippen LogP contribution is -2.43. The molecule has 6 rings (SSSR count). The molecule has 1 unspecified atom stereocenters. The molecule has 8 nitrogen and oxygen atoms in total. The second-order valence-corrected chi connectivity index (χ2v) is 11.0. The molecule has 0 bridgehead atoms. The van der Waals surface area contributed by atoms with Crippen molar-refractivity contribution in [1.82, 2.24) is 19.7 Å². The number of aromatic carboxylic acids is 1. The van der Waals surface area contributed by atoms with E-state index in [0.717, 1.165) is 50.3 Å². The van der Waals surface area contributed by atoms with E-state index in [4.69, 9.17) is 9.47 Å². The monoisotopic (exact) mass is 592 g/mol. The van der Waals surface area contributed by atoms with Crippen LogP contribution in [0, 0.1) is 6.92 Å². The topological polar surface area (TPSA) is 89.7 Å². The van der Waals surface area contributed by atoms with Gasteiger partial charge in [-0.25, -0.2) is 14.5 Å². The number of aromatic nitrogens is 3. The molecule has 2 aromatic carbocycles. The van der Waals surface area contributed by atoms with Gasteiger partial charge in [0, 0.05) is 31.3 Å². The number of pyridine rings is 1. The van der Waals surface area contributed by atoms with Crippen molar-refractivity contribution >= 4 is 5.97 Å². The molecule has 4 heterocycles. The van der Waals surface area contributed by atoms with E-state index in [1.54, 1.807) is 12.1 Å². The highest BCUT2D eigenvalue weighted by atomic mass is 19.4. The Kier molecular flexibility index (Phi) is 7.93. The lowest BCUT2D eigenvalue weighted by Gasteiger charge is -2.37. The fraction of sp³-hybridized carbons (Fsp3) is 0.344. The minimum atomic E-state index is -4.95. The van der Waals surface area contributed by atoms with Crippen LogP contribution in [0.5, 0.6) is 5.75 Å².